The van der Waals surface area contributed by atoms with E-state index in [9.17, 15) is 4.79 Å². The van der Waals surface area contributed by atoms with Gasteiger partial charge >= 0.3 is 5.97 Å². The number of hydrogen-bond acceptors (Lipinski definition) is 3. The normalized spacial score (nSPS) is 12.7. The predicted octanol–water partition coefficient (Wildman–Crippen LogP) is 2.93. The Labute approximate surface area is 114 Å². The molecule has 1 aromatic heterocycles. The van der Waals surface area contributed by atoms with Gasteiger partial charge < -0.3 is 5.11 Å². The Morgan fingerprint density at radius 3 is 2.71 bits per heavy atom. The lowest BCUT2D eigenvalue weighted by atomic mass is 10.3. The number of aliphatic carboxylic acids is 1. The van der Waals surface area contributed by atoms with Crippen LogP contribution in [0.2, 0.25) is 0 Å². The van der Waals surface area contributed by atoms with Crippen LogP contribution in [-0.4, -0.2) is 26.1 Å². The number of nitrogens with zero attached hydrogens (tertiary/aromatic N) is 2. The molecule has 1 atom stereocenters. The first-order chi connectivity index (χ1) is 8.01. The molecule has 96 valence electrons. The van der Waals surface area contributed by atoms with Gasteiger partial charge in [-0.2, -0.15) is 5.10 Å². The number of carboxylic acids is 1. The van der Waals surface area contributed by atoms with Crippen molar-refractivity contribution >= 4 is 33.7 Å². The monoisotopic (exact) mass is 320 g/mol. The molecule has 0 aliphatic rings. The van der Waals surface area contributed by atoms with Crippen molar-refractivity contribution in [3.8, 4) is 0 Å². The van der Waals surface area contributed by atoms with Crippen LogP contribution in [0.4, 0.5) is 0 Å². The highest BCUT2D eigenvalue weighted by atomic mass is 79.9. The second kappa shape index (κ2) is 6.44. The highest BCUT2D eigenvalue weighted by Gasteiger charge is 2.17. The topological polar surface area (TPSA) is 55.1 Å². The van der Waals surface area contributed by atoms with Crippen molar-refractivity contribution in [2.45, 2.75) is 44.7 Å². The summed E-state index contributed by atoms with van der Waals surface area (Å²) < 4.78 is 2.96. The largest absolute Gasteiger partial charge is 0.480 e. The minimum Gasteiger partial charge on any atom is -0.480 e. The summed E-state index contributed by atoms with van der Waals surface area (Å²) in [6.45, 7) is 6.60. The summed E-state index contributed by atoms with van der Waals surface area (Å²) >= 11 is 4.96. The van der Waals surface area contributed by atoms with E-state index in [-0.39, 0.29) is 0 Å². The van der Waals surface area contributed by atoms with Gasteiger partial charge in [0.15, 0.2) is 0 Å². The van der Waals surface area contributed by atoms with Crippen molar-refractivity contribution in [3.05, 3.63) is 15.9 Å². The van der Waals surface area contributed by atoms with Gasteiger partial charge in [0.25, 0.3) is 0 Å². The summed E-state index contributed by atoms with van der Waals surface area (Å²) in [5, 5.41) is 12.9. The van der Waals surface area contributed by atoms with Gasteiger partial charge in [0, 0.05) is 12.3 Å². The zero-order chi connectivity index (χ0) is 13.0. The fourth-order valence-corrected chi connectivity index (χ4v) is 3.16. The number of halogens is 1. The Morgan fingerprint density at radius 1 is 1.59 bits per heavy atom. The van der Waals surface area contributed by atoms with E-state index in [1.54, 1.807) is 6.92 Å². The summed E-state index contributed by atoms with van der Waals surface area (Å²) in [6, 6.07) is 0. The maximum atomic E-state index is 10.8. The molecule has 0 radical (unpaired) electrons. The van der Waals surface area contributed by atoms with Crippen LogP contribution in [0, 0.1) is 0 Å². The summed E-state index contributed by atoms with van der Waals surface area (Å²) in [7, 11) is 0. The van der Waals surface area contributed by atoms with Crippen LogP contribution in [0.3, 0.4) is 0 Å². The van der Waals surface area contributed by atoms with Crippen molar-refractivity contribution in [2.75, 3.05) is 0 Å². The molecule has 0 aliphatic heterocycles. The minimum atomic E-state index is -0.774. The standard InChI is InChI=1S/C11H17BrN2O2S/c1-4-8-10(12)9(14(5-2)13-8)6-17-7(3)11(15)16/h7H,4-6H2,1-3H3,(H,15,16). The van der Waals surface area contributed by atoms with Gasteiger partial charge in [-0.05, 0) is 36.2 Å². The second-order valence-electron chi connectivity index (χ2n) is 3.67. The Kier molecular flexibility index (Phi) is 5.52. The molecule has 1 rings (SSSR count). The second-order valence-corrected chi connectivity index (χ2v) is 5.79. The minimum absolute atomic E-state index is 0.396. The smallest absolute Gasteiger partial charge is 0.316 e. The molecule has 1 N–H and O–H groups in total. The van der Waals surface area contributed by atoms with E-state index in [1.165, 1.54) is 11.8 Å². The Bertz CT molecular complexity index is 406. The fourth-order valence-electron chi connectivity index (χ4n) is 1.43. The van der Waals surface area contributed by atoms with Gasteiger partial charge in [-0.25, -0.2) is 0 Å². The van der Waals surface area contributed by atoms with Crippen LogP contribution >= 0.6 is 27.7 Å². The summed E-state index contributed by atoms with van der Waals surface area (Å²) in [5.41, 5.74) is 2.10. The van der Waals surface area contributed by atoms with Gasteiger partial charge in [0.1, 0.15) is 0 Å². The Morgan fingerprint density at radius 2 is 2.24 bits per heavy atom. The SMILES string of the molecule is CCc1nn(CC)c(CSC(C)C(=O)O)c1Br. The van der Waals surface area contributed by atoms with Crippen LogP contribution in [0.15, 0.2) is 4.47 Å². The summed E-state index contributed by atoms with van der Waals surface area (Å²) in [6.07, 6.45) is 0.875. The Hall–Kier alpha value is -0.490. The zero-order valence-electron chi connectivity index (χ0n) is 10.2. The molecule has 0 amide bonds. The molecule has 0 saturated carbocycles. The van der Waals surface area contributed by atoms with Crippen LogP contribution in [-0.2, 0) is 23.5 Å². The third kappa shape index (κ3) is 3.48. The molecule has 6 heteroatoms. The van der Waals surface area contributed by atoms with E-state index in [0.717, 1.165) is 28.8 Å². The molecule has 0 aromatic carbocycles. The van der Waals surface area contributed by atoms with Gasteiger partial charge in [0.2, 0.25) is 0 Å². The third-order valence-corrected chi connectivity index (χ3v) is 4.57. The molecule has 0 saturated heterocycles. The lowest BCUT2D eigenvalue weighted by molar-refractivity contribution is -0.136. The lowest BCUT2D eigenvalue weighted by Crippen LogP contribution is -2.12. The van der Waals surface area contributed by atoms with Crippen LogP contribution in [0.1, 0.15) is 32.2 Å². The molecule has 17 heavy (non-hydrogen) atoms. The molecule has 1 unspecified atom stereocenters. The van der Waals surface area contributed by atoms with Crippen LogP contribution in [0.25, 0.3) is 0 Å². The predicted molar refractivity (Wildman–Crippen MR) is 73.4 cm³/mol. The van der Waals surface area contributed by atoms with E-state index < -0.39 is 11.2 Å². The zero-order valence-corrected chi connectivity index (χ0v) is 12.6. The number of aromatic nitrogens is 2. The highest BCUT2D eigenvalue weighted by Crippen LogP contribution is 2.27. The first kappa shape index (κ1) is 14.6. The average molecular weight is 321 g/mol. The molecule has 4 nitrogen and oxygen atoms in total. The van der Waals surface area contributed by atoms with E-state index >= 15 is 0 Å². The first-order valence-electron chi connectivity index (χ1n) is 5.59. The number of hydrogen-bond donors (Lipinski definition) is 1. The van der Waals surface area contributed by atoms with Crippen molar-refractivity contribution in [1.29, 1.82) is 0 Å². The van der Waals surface area contributed by atoms with E-state index in [2.05, 4.69) is 28.0 Å². The maximum absolute atomic E-state index is 10.8. The van der Waals surface area contributed by atoms with Crippen molar-refractivity contribution in [2.24, 2.45) is 0 Å². The van der Waals surface area contributed by atoms with Gasteiger partial charge in [-0.15, -0.1) is 11.8 Å². The van der Waals surface area contributed by atoms with Gasteiger partial charge in [-0.3, -0.25) is 9.48 Å². The Balaban J connectivity index is 2.82. The number of carbonyl (C=O) groups is 1. The summed E-state index contributed by atoms with van der Waals surface area (Å²) in [4.78, 5) is 10.8. The number of carboxylic acid groups (broad SMARTS) is 1. The molecular formula is C11H17BrN2O2S. The number of thioether (sulfide) groups is 1. The summed E-state index contributed by atoms with van der Waals surface area (Å²) in [5.74, 6) is -0.112. The number of aryl methyl sites for hydroxylation is 2. The fraction of sp³-hybridized carbons (Fsp3) is 0.636. The van der Waals surface area contributed by atoms with Gasteiger partial charge in [-0.1, -0.05) is 6.92 Å². The van der Waals surface area contributed by atoms with Gasteiger partial charge in [0.05, 0.1) is 21.1 Å². The van der Waals surface area contributed by atoms with Crippen molar-refractivity contribution in [3.63, 3.8) is 0 Å². The molecule has 0 fully saturated rings. The number of rotatable bonds is 6. The molecule has 1 aromatic rings. The van der Waals surface area contributed by atoms with E-state index in [0.29, 0.717) is 5.75 Å². The quantitative estimate of drug-likeness (QED) is 0.875. The highest BCUT2D eigenvalue weighted by molar-refractivity contribution is 9.10. The van der Waals surface area contributed by atoms with E-state index in [1.807, 2.05) is 11.6 Å². The van der Waals surface area contributed by atoms with Crippen molar-refractivity contribution in [1.82, 2.24) is 9.78 Å². The molecule has 1 heterocycles. The third-order valence-electron chi connectivity index (χ3n) is 2.51. The molecular weight excluding hydrogens is 304 g/mol. The van der Waals surface area contributed by atoms with Crippen LogP contribution < -0.4 is 0 Å². The van der Waals surface area contributed by atoms with Crippen molar-refractivity contribution < 1.29 is 9.90 Å². The molecule has 0 bridgehead atoms. The van der Waals surface area contributed by atoms with E-state index in [4.69, 9.17) is 5.11 Å². The maximum Gasteiger partial charge on any atom is 0.316 e. The molecule has 0 spiro atoms. The first-order valence-corrected chi connectivity index (χ1v) is 7.43. The molecule has 0 aliphatic carbocycles. The van der Waals surface area contributed by atoms with Crippen LogP contribution in [0.5, 0.6) is 0 Å². The average Bonchev–Trinajstić information content (AvgIpc) is 2.62. The lowest BCUT2D eigenvalue weighted by Gasteiger charge is -2.08.